The van der Waals surface area contributed by atoms with E-state index in [1.54, 1.807) is 18.5 Å². The van der Waals surface area contributed by atoms with Crippen molar-refractivity contribution in [1.29, 1.82) is 0 Å². The van der Waals surface area contributed by atoms with E-state index >= 15 is 0 Å². The number of nitrogens with zero attached hydrogens (tertiary/aromatic N) is 1. The molecule has 0 aliphatic heterocycles. The van der Waals surface area contributed by atoms with Crippen LogP contribution in [0.3, 0.4) is 0 Å². The van der Waals surface area contributed by atoms with E-state index in [0.717, 1.165) is 12.2 Å². The van der Waals surface area contributed by atoms with Crippen molar-refractivity contribution in [1.82, 2.24) is 4.98 Å². The maximum absolute atomic E-state index is 5.82. The lowest BCUT2D eigenvalue weighted by atomic mass is 10.2. The first-order chi connectivity index (χ1) is 8.75. The topological polar surface area (TPSA) is 34.1 Å². The highest BCUT2D eigenvalue weighted by Gasteiger charge is 1.97. The minimum Gasteiger partial charge on any atom is -0.490 e. The molecule has 0 amide bonds. The average Bonchev–Trinajstić information content (AvgIpc) is 2.37. The highest BCUT2D eigenvalue weighted by molar-refractivity contribution is 6.30. The molecule has 1 N–H and O–H groups in total. The molecule has 0 bridgehead atoms. The summed E-state index contributed by atoms with van der Waals surface area (Å²) in [7, 11) is 0. The van der Waals surface area contributed by atoms with Crippen molar-refractivity contribution in [3.05, 3.63) is 53.3 Å². The summed E-state index contributed by atoms with van der Waals surface area (Å²) < 4.78 is 5.54. The zero-order chi connectivity index (χ0) is 12.8. The van der Waals surface area contributed by atoms with Crippen LogP contribution in [0.1, 0.15) is 5.56 Å². The van der Waals surface area contributed by atoms with Crippen LogP contribution >= 0.6 is 11.6 Å². The maximum Gasteiger partial charge on any atom is 0.139 e. The average molecular weight is 263 g/mol. The third-order valence-electron chi connectivity index (χ3n) is 2.51. The number of aryl methyl sites for hydroxylation is 1. The van der Waals surface area contributed by atoms with Crippen molar-refractivity contribution in [2.45, 2.75) is 6.92 Å². The zero-order valence-electron chi connectivity index (χ0n) is 10.2. The molecule has 94 valence electrons. The second kappa shape index (κ2) is 6.26. The molecular formula is C14H15ClN2O. The van der Waals surface area contributed by atoms with Gasteiger partial charge >= 0.3 is 0 Å². The smallest absolute Gasteiger partial charge is 0.139 e. The minimum atomic E-state index is 0.566. The van der Waals surface area contributed by atoms with Crippen molar-refractivity contribution >= 4 is 17.3 Å². The van der Waals surface area contributed by atoms with E-state index < -0.39 is 0 Å². The van der Waals surface area contributed by atoms with Gasteiger partial charge in [-0.2, -0.15) is 0 Å². The van der Waals surface area contributed by atoms with Crippen LogP contribution in [0, 0.1) is 6.92 Å². The fourth-order valence-electron chi connectivity index (χ4n) is 1.60. The third kappa shape index (κ3) is 3.64. The molecule has 18 heavy (non-hydrogen) atoms. The lowest BCUT2D eigenvalue weighted by Crippen LogP contribution is -2.12. The van der Waals surface area contributed by atoms with Gasteiger partial charge in [0.25, 0.3) is 0 Å². The number of ether oxygens (including phenoxy) is 1. The van der Waals surface area contributed by atoms with Gasteiger partial charge in [0.1, 0.15) is 12.4 Å². The lowest BCUT2D eigenvalue weighted by molar-refractivity contribution is 0.331. The van der Waals surface area contributed by atoms with Gasteiger partial charge in [0.15, 0.2) is 0 Å². The Bertz CT molecular complexity index is 517. The van der Waals surface area contributed by atoms with Gasteiger partial charge in [-0.15, -0.1) is 0 Å². The largest absolute Gasteiger partial charge is 0.490 e. The Hall–Kier alpha value is -1.74. The van der Waals surface area contributed by atoms with Gasteiger partial charge in [-0.3, -0.25) is 4.98 Å². The van der Waals surface area contributed by atoms with Crippen LogP contribution in [0.4, 0.5) is 5.69 Å². The van der Waals surface area contributed by atoms with Crippen LogP contribution in [0.5, 0.6) is 5.75 Å². The number of hydrogen-bond donors (Lipinski definition) is 1. The predicted molar refractivity (Wildman–Crippen MR) is 74.4 cm³/mol. The van der Waals surface area contributed by atoms with Gasteiger partial charge in [-0.05, 0) is 18.6 Å². The number of rotatable bonds is 5. The monoisotopic (exact) mass is 262 g/mol. The summed E-state index contributed by atoms with van der Waals surface area (Å²) in [6.45, 7) is 3.37. The molecule has 0 aliphatic rings. The van der Waals surface area contributed by atoms with E-state index in [-0.39, 0.29) is 0 Å². The molecule has 1 aromatic carbocycles. The quantitative estimate of drug-likeness (QED) is 0.837. The molecule has 1 aromatic heterocycles. The molecule has 0 atom stereocenters. The summed E-state index contributed by atoms with van der Waals surface area (Å²) in [4.78, 5) is 3.96. The van der Waals surface area contributed by atoms with Crippen LogP contribution < -0.4 is 10.1 Å². The molecule has 2 aromatic rings. The minimum absolute atomic E-state index is 0.566. The fraction of sp³-hybridized carbons (Fsp3) is 0.214. The lowest BCUT2D eigenvalue weighted by Gasteiger charge is -2.10. The van der Waals surface area contributed by atoms with Crippen molar-refractivity contribution in [2.75, 3.05) is 18.5 Å². The second-order valence-corrected chi connectivity index (χ2v) is 4.37. The number of hydrogen-bond acceptors (Lipinski definition) is 3. The Morgan fingerprint density at radius 3 is 2.89 bits per heavy atom. The van der Waals surface area contributed by atoms with E-state index in [4.69, 9.17) is 16.3 Å². The number of pyridine rings is 1. The van der Waals surface area contributed by atoms with Crippen LogP contribution in [-0.2, 0) is 0 Å². The Morgan fingerprint density at radius 2 is 2.11 bits per heavy atom. The van der Waals surface area contributed by atoms with E-state index in [1.165, 1.54) is 5.56 Å². The summed E-state index contributed by atoms with van der Waals surface area (Å²) in [5.41, 5.74) is 2.35. The summed E-state index contributed by atoms with van der Waals surface area (Å²) in [5, 5.41) is 3.90. The molecule has 2 rings (SSSR count). The predicted octanol–water partition coefficient (Wildman–Crippen LogP) is 3.53. The van der Waals surface area contributed by atoms with Crippen molar-refractivity contribution in [3.8, 4) is 5.75 Å². The number of para-hydroxylation sites is 1. The van der Waals surface area contributed by atoms with Crippen molar-refractivity contribution < 1.29 is 4.74 Å². The molecule has 0 fully saturated rings. The summed E-state index contributed by atoms with van der Waals surface area (Å²) in [6, 6.07) is 9.91. The highest BCUT2D eigenvalue weighted by Crippen LogP contribution is 2.15. The van der Waals surface area contributed by atoms with Crippen molar-refractivity contribution in [2.24, 2.45) is 0 Å². The number of nitrogens with one attached hydrogen (secondary N) is 1. The van der Waals surface area contributed by atoms with Crippen LogP contribution in [0.15, 0.2) is 42.7 Å². The molecule has 1 heterocycles. The maximum atomic E-state index is 5.82. The van der Waals surface area contributed by atoms with E-state index in [2.05, 4.69) is 29.4 Å². The number of benzene rings is 1. The Labute approximate surface area is 112 Å². The molecule has 0 spiro atoms. The standard InChI is InChI=1S/C14H15ClN2O/c1-11-4-2-3-5-14(11)17-6-7-18-13-8-12(15)9-16-10-13/h2-5,8-10,17H,6-7H2,1H3. The van der Waals surface area contributed by atoms with Crippen LogP contribution in [0.2, 0.25) is 5.02 Å². The number of aromatic nitrogens is 1. The second-order valence-electron chi connectivity index (χ2n) is 3.93. The normalized spacial score (nSPS) is 10.1. The summed E-state index contributed by atoms with van der Waals surface area (Å²) in [5.74, 6) is 0.689. The van der Waals surface area contributed by atoms with Crippen LogP contribution in [0.25, 0.3) is 0 Å². The first kappa shape index (κ1) is 12.7. The third-order valence-corrected chi connectivity index (χ3v) is 2.72. The zero-order valence-corrected chi connectivity index (χ0v) is 10.9. The van der Waals surface area contributed by atoms with E-state index in [1.807, 2.05) is 12.1 Å². The first-order valence-electron chi connectivity index (χ1n) is 5.78. The highest BCUT2D eigenvalue weighted by atomic mass is 35.5. The SMILES string of the molecule is Cc1ccccc1NCCOc1cncc(Cl)c1. The Kier molecular flexibility index (Phi) is 4.42. The first-order valence-corrected chi connectivity index (χ1v) is 6.16. The van der Waals surface area contributed by atoms with Crippen molar-refractivity contribution in [3.63, 3.8) is 0 Å². The van der Waals surface area contributed by atoms with Gasteiger partial charge in [0.05, 0.1) is 11.2 Å². The molecule has 0 radical (unpaired) electrons. The van der Waals surface area contributed by atoms with Gasteiger partial charge in [-0.25, -0.2) is 0 Å². The summed E-state index contributed by atoms with van der Waals surface area (Å²) >= 11 is 5.82. The van der Waals surface area contributed by atoms with E-state index in [9.17, 15) is 0 Å². The molecule has 3 nitrogen and oxygen atoms in total. The fourth-order valence-corrected chi connectivity index (χ4v) is 1.76. The van der Waals surface area contributed by atoms with Gasteiger partial charge < -0.3 is 10.1 Å². The van der Waals surface area contributed by atoms with Gasteiger partial charge in [0, 0.05) is 24.5 Å². The molecule has 0 saturated carbocycles. The number of halogens is 1. The van der Waals surface area contributed by atoms with E-state index in [0.29, 0.717) is 17.4 Å². The van der Waals surface area contributed by atoms with Gasteiger partial charge in [0.2, 0.25) is 0 Å². The van der Waals surface area contributed by atoms with Gasteiger partial charge in [-0.1, -0.05) is 29.8 Å². The van der Waals surface area contributed by atoms with Crippen LogP contribution in [-0.4, -0.2) is 18.1 Å². The molecule has 0 aliphatic carbocycles. The molecule has 0 saturated heterocycles. The number of anilines is 1. The molecule has 4 heteroatoms. The Balaban J connectivity index is 1.78. The summed E-state index contributed by atoms with van der Waals surface area (Å²) in [6.07, 6.45) is 3.24. The Morgan fingerprint density at radius 1 is 1.28 bits per heavy atom. The molecular weight excluding hydrogens is 248 g/mol. The molecule has 0 unspecified atom stereocenters.